The van der Waals surface area contributed by atoms with E-state index < -0.39 is 0 Å². The van der Waals surface area contributed by atoms with E-state index in [1.165, 1.54) is 6.33 Å². The van der Waals surface area contributed by atoms with Crippen LogP contribution >= 0.6 is 0 Å². The van der Waals surface area contributed by atoms with Crippen molar-refractivity contribution >= 4 is 23.0 Å². The Morgan fingerprint density at radius 2 is 1.82 bits per heavy atom. The van der Waals surface area contributed by atoms with Gasteiger partial charge in [-0.3, -0.25) is 9.69 Å². The van der Waals surface area contributed by atoms with Crippen LogP contribution in [0.25, 0.3) is 10.9 Å². The zero-order valence-electron chi connectivity index (χ0n) is 18.7. The van der Waals surface area contributed by atoms with Crippen molar-refractivity contribution in [2.45, 2.75) is 6.42 Å². The van der Waals surface area contributed by atoms with Crippen LogP contribution in [0.1, 0.15) is 6.42 Å². The van der Waals surface area contributed by atoms with E-state index in [1.54, 1.807) is 24.3 Å². The summed E-state index contributed by atoms with van der Waals surface area (Å²) in [6.07, 6.45) is 2.96. The van der Waals surface area contributed by atoms with Crippen LogP contribution < -0.4 is 24.3 Å². The lowest BCUT2D eigenvalue weighted by Gasteiger charge is -2.26. The Balaban J connectivity index is 1.36. The van der Waals surface area contributed by atoms with Gasteiger partial charge in [-0.1, -0.05) is 0 Å². The van der Waals surface area contributed by atoms with Crippen LogP contribution in [-0.2, 0) is 9.53 Å². The molecule has 0 radical (unpaired) electrons. The highest BCUT2D eigenvalue weighted by Gasteiger charge is 2.25. The molecule has 34 heavy (non-hydrogen) atoms. The molecular weight excluding hydrogens is 440 g/mol. The molecule has 1 amide bonds. The lowest BCUT2D eigenvalue weighted by atomic mass is 10.1. The number of rotatable bonds is 9. The SMILES string of the molecule is O=CNc1ccc(Oc2ncnc3cc(OCCCN4CCOCC4)c4c(c23)OCCO4)cc1. The lowest BCUT2D eigenvalue weighted by Crippen LogP contribution is -2.37. The molecule has 1 saturated heterocycles. The number of amides is 1. The molecule has 0 aliphatic carbocycles. The van der Waals surface area contributed by atoms with Crippen molar-refractivity contribution in [2.24, 2.45) is 0 Å². The zero-order chi connectivity index (χ0) is 23.2. The Labute approximate surface area is 196 Å². The van der Waals surface area contributed by atoms with Crippen LogP contribution in [0.3, 0.4) is 0 Å². The van der Waals surface area contributed by atoms with E-state index in [1.807, 2.05) is 6.07 Å². The number of carbonyl (C=O) groups is 1. The predicted octanol–water partition coefficient (Wildman–Crippen LogP) is 2.86. The fourth-order valence-corrected chi connectivity index (χ4v) is 3.96. The Morgan fingerprint density at radius 1 is 1.03 bits per heavy atom. The molecule has 2 aliphatic rings. The largest absolute Gasteiger partial charge is 0.489 e. The summed E-state index contributed by atoms with van der Waals surface area (Å²) in [4.78, 5) is 21.7. The molecule has 1 N–H and O–H groups in total. The number of nitrogens with zero attached hydrogens (tertiary/aromatic N) is 3. The minimum absolute atomic E-state index is 0.349. The van der Waals surface area contributed by atoms with E-state index in [0.717, 1.165) is 39.3 Å². The Bertz CT molecular complexity index is 1130. The van der Waals surface area contributed by atoms with E-state index in [-0.39, 0.29) is 0 Å². The van der Waals surface area contributed by atoms with Gasteiger partial charge in [0.1, 0.15) is 30.7 Å². The van der Waals surface area contributed by atoms with Crippen LogP contribution in [0.15, 0.2) is 36.7 Å². The molecule has 178 valence electrons. The molecule has 0 spiro atoms. The first kappa shape index (κ1) is 22.2. The molecule has 0 saturated carbocycles. The summed E-state index contributed by atoms with van der Waals surface area (Å²) in [6, 6.07) is 8.81. The molecule has 10 heteroatoms. The van der Waals surface area contributed by atoms with Crippen LogP contribution in [0, 0.1) is 0 Å². The fourth-order valence-electron chi connectivity index (χ4n) is 3.96. The summed E-state index contributed by atoms with van der Waals surface area (Å²) in [5.41, 5.74) is 1.30. The van der Waals surface area contributed by atoms with E-state index in [9.17, 15) is 4.79 Å². The zero-order valence-corrected chi connectivity index (χ0v) is 18.7. The Kier molecular flexibility index (Phi) is 6.87. The van der Waals surface area contributed by atoms with Gasteiger partial charge in [-0.15, -0.1) is 0 Å². The molecular formula is C24H26N4O6. The van der Waals surface area contributed by atoms with Gasteiger partial charge in [0, 0.05) is 31.4 Å². The normalized spacial score (nSPS) is 15.6. The van der Waals surface area contributed by atoms with Crippen molar-refractivity contribution in [1.82, 2.24) is 14.9 Å². The molecule has 0 atom stereocenters. The fraction of sp³-hybridized carbons (Fsp3) is 0.375. The molecule has 2 aromatic carbocycles. The van der Waals surface area contributed by atoms with Gasteiger partial charge in [0.15, 0.2) is 11.5 Å². The van der Waals surface area contributed by atoms with Crippen LogP contribution in [0.2, 0.25) is 0 Å². The van der Waals surface area contributed by atoms with E-state index >= 15 is 0 Å². The van der Waals surface area contributed by atoms with Crippen LogP contribution in [-0.4, -0.2) is 73.9 Å². The van der Waals surface area contributed by atoms with Gasteiger partial charge in [-0.2, -0.15) is 0 Å². The van der Waals surface area contributed by atoms with Crippen molar-refractivity contribution in [3.05, 3.63) is 36.7 Å². The molecule has 1 aromatic heterocycles. The third-order valence-corrected chi connectivity index (χ3v) is 5.62. The summed E-state index contributed by atoms with van der Waals surface area (Å²) in [5, 5.41) is 3.21. The van der Waals surface area contributed by atoms with Gasteiger partial charge in [-0.05, 0) is 30.7 Å². The first-order valence-corrected chi connectivity index (χ1v) is 11.3. The monoisotopic (exact) mass is 466 g/mol. The maximum Gasteiger partial charge on any atom is 0.234 e. The lowest BCUT2D eigenvalue weighted by molar-refractivity contribution is -0.105. The van der Waals surface area contributed by atoms with Crippen molar-refractivity contribution in [1.29, 1.82) is 0 Å². The van der Waals surface area contributed by atoms with Gasteiger partial charge >= 0.3 is 0 Å². The number of benzene rings is 2. The van der Waals surface area contributed by atoms with Gasteiger partial charge in [0.05, 0.1) is 25.3 Å². The molecule has 1 fully saturated rings. The summed E-state index contributed by atoms with van der Waals surface area (Å²) in [6.45, 7) is 5.83. The van der Waals surface area contributed by atoms with Crippen LogP contribution in [0.4, 0.5) is 5.69 Å². The highest BCUT2D eigenvalue weighted by molar-refractivity contribution is 5.94. The first-order chi connectivity index (χ1) is 16.8. The standard InChI is InChI=1S/C24H26N4O6/c29-16-27-17-2-4-18(5-3-17)34-24-21-19(25-15-26-24)14-20(22-23(21)33-13-12-32-22)31-9-1-6-28-7-10-30-11-8-28/h2-5,14-16H,1,6-13H2,(H,27,29). The predicted molar refractivity (Wildman–Crippen MR) is 124 cm³/mol. The molecule has 5 rings (SSSR count). The van der Waals surface area contributed by atoms with Crippen molar-refractivity contribution in [3.63, 3.8) is 0 Å². The number of morpholine rings is 1. The van der Waals surface area contributed by atoms with Gasteiger partial charge in [0.2, 0.25) is 18.0 Å². The number of fused-ring (bicyclic) bond motifs is 3. The second kappa shape index (κ2) is 10.5. The Morgan fingerprint density at radius 3 is 2.62 bits per heavy atom. The highest BCUT2D eigenvalue weighted by atomic mass is 16.6. The molecule has 0 bridgehead atoms. The van der Waals surface area contributed by atoms with E-state index in [2.05, 4.69) is 20.2 Å². The molecule has 3 aromatic rings. The minimum Gasteiger partial charge on any atom is -0.489 e. The third-order valence-electron chi connectivity index (χ3n) is 5.62. The molecule has 3 heterocycles. The topological polar surface area (TPSA) is 104 Å². The van der Waals surface area contributed by atoms with Gasteiger partial charge in [-0.25, -0.2) is 9.97 Å². The number of nitrogens with one attached hydrogen (secondary N) is 1. The average molecular weight is 466 g/mol. The van der Waals surface area contributed by atoms with E-state index in [4.69, 9.17) is 23.7 Å². The summed E-state index contributed by atoms with van der Waals surface area (Å²) in [7, 11) is 0. The second-order valence-corrected chi connectivity index (χ2v) is 7.85. The number of aromatic nitrogens is 2. The Hall–Kier alpha value is -3.63. The quantitative estimate of drug-likeness (QED) is 0.376. The number of hydrogen-bond donors (Lipinski definition) is 1. The summed E-state index contributed by atoms with van der Waals surface area (Å²) in [5.74, 6) is 2.56. The van der Waals surface area contributed by atoms with Crippen molar-refractivity contribution < 1.29 is 28.5 Å². The number of carbonyl (C=O) groups excluding carboxylic acids is 1. The maximum atomic E-state index is 10.6. The summed E-state index contributed by atoms with van der Waals surface area (Å²) >= 11 is 0. The summed E-state index contributed by atoms with van der Waals surface area (Å²) < 4.78 is 29.4. The highest BCUT2D eigenvalue weighted by Crippen LogP contribution is 2.47. The molecule has 2 aliphatic heterocycles. The van der Waals surface area contributed by atoms with Crippen molar-refractivity contribution in [2.75, 3.05) is 58.0 Å². The average Bonchev–Trinajstić information content (AvgIpc) is 2.88. The molecule has 0 unspecified atom stereocenters. The maximum absolute atomic E-state index is 10.6. The van der Waals surface area contributed by atoms with Crippen molar-refractivity contribution in [3.8, 4) is 28.9 Å². The third kappa shape index (κ3) is 4.97. The molecule has 10 nitrogen and oxygen atoms in total. The smallest absolute Gasteiger partial charge is 0.234 e. The van der Waals surface area contributed by atoms with Crippen LogP contribution in [0.5, 0.6) is 28.9 Å². The number of anilines is 1. The number of hydrogen-bond acceptors (Lipinski definition) is 9. The van der Waals surface area contributed by atoms with E-state index in [0.29, 0.717) is 71.7 Å². The van der Waals surface area contributed by atoms with Gasteiger partial charge in [0.25, 0.3) is 0 Å². The second-order valence-electron chi connectivity index (χ2n) is 7.85. The van der Waals surface area contributed by atoms with Gasteiger partial charge < -0.3 is 29.0 Å². The minimum atomic E-state index is 0.349. The number of ether oxygens (including phenoxy) is 5. The first-order valence-electron chi connectivity index (χ1n) is 11.3.